The molecule has 3 heterocycles. The van der Waals surface area contributed by atoms with Crippen molar-refractivity contribution in [3.8, 4) is 0 Å². The maximum Gasteiger partial charge on any atom is 0.257 e. The average molecular weight is 437 g/mol. The molecule has 1 aromatic heterocycles. The summed E-state index contributed by atoms with van der Waals surface area (Å²) in [5.74, 6) is 0.488. The molecule has 4 aliphatic rings. The molecule has 0 spiro atoms. The van der Waals surface area contributed by atoms with Crippen molar-refractivity contribution < 1.29 is 9.59 Å². The maximum absolute atomic E-state index is 12.9. The monoisotopic (exact) mass is 436 g/mol. The molecule has 0 radical (unpaired) electrons. The number of fused-ring (bicyclic) bond motifs is 3. The molecule has 2 amide bonds. The number of aryl methyl sites for hydroxylation is 1. The number of amides is 2. The highest BCUT2D eigenvalue weighted by Crippen LogP contribution is 2.35. The summed E-state index contributed by atoms with van der Waals surface area (Å²) in [6.07, 6.45) is 10.00. The van der Waals surface area contributed by atoms with E-state index in [-0.39, 0.29) is 41.7 Å². The Morgan fingerprint density at radius 3 is 2.97 bits per heavy atom. The third-order valence-electron chi connectivity index (χ3n) is 6.23. The summed E-state index contributed by atoms with van der Waals surface area (Å²) in [7, 11) is 0. The number of aromatic nitrogens is 2. The predicted molar refractivity (Wildman–Crippen MR) is 119 cm³/mol. The molecule has 0 saturated carbocycles. The number of hydrogen-bond acceptors (Lipinski definition) is 5. The Balaban J connectivity index is 1.35. The fourth-order valence-electron chi connectivity index (χ4n) is 4.71. The minimum absolute atomic E-state index is 0.00777. The van der Waals surface area contributed by atoms with Gasteiger partial charge in [-0.05, 0) is 42.9 Å². The third-order valence-corrected chi connectivity index (χ3v) is 7.32. The molecule has 2 atom stereocenters. The smallest absolute Gasteiger partial charge is 0.257 e. The normalized spacial score (nSPS) is 25.1. The van der Waals surface area contributed by atoms with Gasteiger partial charge >= 0.3 is 0 Å². The van der Waals surface area contributed by atoms with Gasteiger partial charge in [0, 0.05) is 29.0 Å². The van der Waals surface area contributed by atoms with E-state index in [2.05, 4.69) is 29.1 Å². The number of allylic oxidation sites excluding steroid dienone is 3. The minimum atomic E-state index is -0.275. The molecule has 0 saturated heterocycles. The molecule has 1 aromatic rings. The van der Waals surface area contributed by atoms with Crippen molar-refractivity contribution >= 4 is 29.3 Å². The molecule has 2 aliphatic heterocycles. The van der Waals surface area contributed by atoms with Crippen LogP contribution in [-0.2, 0) is 22.4 Å². The summed E-state index contributed by atoms with van der Waals surface area (Å²) in [4.78, 5) is 46.6. The Bertz CT molecular complexity index is 1170. The lowest BCUT2D eigenvalue weighted by molar-refractivity contribution is -0.118. The number of aliphatic imine (C=N–C) groups is 1. The van der Waals surface area contributed by atoms with Crippen LogP contribution in [0.2, 0.25) is 0 Å². The molecule has 8 heteroatoms. The van der Waals surface area contributed by atoms with Gasteiger partial charge in [-0.25, -0.2) is 9.98 Å². The van der Waals surface area contributed by atoms with E-state index in [1.54, 1.807) is 16.7 Å². The lowest BCUT2D eigenvalue weighted by atomic mass is 9.82. The van der Waals surface area contributed by atoms with E-state index in [4.69, 9.17) is 0 Å². The highest BCUT2D eigenvalue weighted by Gasteiger charge is 2.32. The minimum Gasteiger partial charge on any atom is -0.325 e. The highest BCUT2D eigenvalue weighted by atomic mass is 32.2. The van der Waals surface area contributed by atoms with Crippen molar-refractivity contribution in [2.75, 3.05) is 5.75 Å². The highest BCUT2D eigenvalue weighted by molar-refractivity contribution is 7.99. The van der Waals surface area contributed by atoms with Gasteiger partial charge in [0.1, 0.15) is 0 Å². The Labute approximate surface area is 184 Å². The van der Waals surface area contributed by atoms with Crippen LogP contribution in [0.5, 0.6) is 0 Å². The molecule has 5 rings (SSSR count). The quantitative estimate of drug-likeness (QED) is 0.735. The predicted octanol–water partition coefficient (Wildman–Crippen LogP) is 2.52. The Kier molecular flexibility index (Phi) is 5.04. The second kappa shape index (κ2) is 7.75. The Morgan fingerprint density at radius 2 is 2.16 bits per heavy atom. The van der Waals surface area contributed by atoms with Crippen LogP contribution >= 0.6 is 11.8 Å². The first-order valence-corrected chi connectivity index (χ1v) is 11.7. The van der Waals surface area contributed by atoms with Crippen LogP contribution in [0.4, 0.5) is 0 Å². The van der Waals surface area contributed by atoms with E-state index in [0.717, 1.165) is 46.9 Å². The van der Waals surface area contributed by atoms with Gasteiger partial charge in [-0.1, -0.05) is 31.7 Å². The van der Waals surface area contributed by atoms with Crippen LogP contribution in [0.25, 0.3) is 0 Å². The van der Waals surface area contributed by atoms with E-state index in [0.29, 0.717) is 11.5 Å². The summed E-state index contributed by atoms with van der Waals surface area (Å²) in [5, 5.41) is 3.59. The van der Waals surface area contributed by atoms with E-state index >= 15 is 0 Å². The summed E-state index contributed by atoms with van der Waals surface area (Å²) < 4.78 is 1.69. The standard InChI is InChI=1S/C23H24N4O3S/c1-12(2)17-10-21(29)25-19-8-13(6-7-15(17)19)24-20(28)9-14-11-31-23-26-18-5-3-4-16(18)22(30)27(14)23/h6-8,10,12,14-15H,3-5,9,11H2,1-2H3,(H,25,29). The number of hydrogen-bond donors (Lipinski definition) is 1. The van der Waals surface area contributed by atoms with Gasteiger partial charge in [0.05, 0.1) is 23.9 Å². The van der Waals surface area contributed by atoms with Crippen LogP contribution in [-0.4, -0.2) is 32.8 Å². The molecule has 2 aliphatic carbocycles. The second-order valence-corrected chi connectivity index (χ2v) is 9.66. The van der Waals surface area contributed by atoms with E-state index in [1.165, 1.54) is 11.8 Å². The van der Waals surface area contributed by atoms with E-state index < -0.39 is 0 Å². The third kappa shape index (κ3) is 3.63. The van der Waals surface area contributed by atoms with Crippen molar-refractivity contribution in [3.05, 3.63) is 57.2 Å². The van der Waals surface area contributed by atoms with Crippen LogP contribution in [0.15, 0.2) is 50.5 Å². The van der Waals surface area contributed by atoms with E-state index in [1.807, 2.05) is 12.2 Å². The van der Waals surface area contributed by atoms with Crippen LogP contribution in [0.1, 0.15) is 44.0 Å². The molecule has 2 unspecified atom stereocenters. The van der Waals surface area contributed by atoms with Gasteiger partial charge in [-0.2, -0.15) is 0 Å². The van der Waals surface area contributed by atoms with Gasteiger partial charge in [0.25, 0.3) is 5.56 Å². The van der Waals surface area contributed by atoms with Gasteiger partial charge in [-0.15, -0.1) is 0 Å². The number of nitrogens with zero attached hydrogens (tertiary/aromatic N) is 3. The maximum atomic E-state index is 12.9. The van der Waals surface area contributed by atoms with Crippen molar-refractivity contribution in [1.29, 1.82) is 0 Å². The number of rotatable bonds is 3. The zero-order chi connectivity index (χ0) is 21.7. The zero-order valence-corrected chi connectivity index (χ0v) is 18.4. The Morgan fingerprint density at radius 1 is 1.32 bits per heavy atom. The first-order valence-electron chi connectivity index (χ1n) is 10.7. The van der Waals surface area contributed by atoms with Gasteiger partial charge in [0.2, 0.25) is 11.8 Å². The molecule has 0 fully saturated rings. The van der Waals surface area contributed by atoms with Crippen molar-refractivity contribution in [1.82, 2.24) is 14.9 Å². The largest absolute Gasteiger partial charge is 0.325 e. The molecule has 0 bridgehead atoms. The van der Waals surface area contributed by atoms with Gasteiger partial charge < -0.3 is 5.32 Å². The van der Waals surface area contributed by atoms with E-state index in [9.17, 15) is 14.4 Å². The SMILES string of the molecule is CC(C)C1=CC(=O)NC2=CC(=NC(=O)CC3CSc4nc5c(c(=O)n43)CCC5)C=CC21. The molecule has 160 valence electrons. The van der Waals surface area contributed by atoms with Gasteiger partial charge in [-0.3, -0.25) is 19.0 Å². The van der Waals surface area contributed by atoms with Crippen molar-refractivity contribution in [2.24, 2.45) is 16.8 Å². The number of carbonyl (C=O) groups is 2. The fraction of sp³-hybridized carbons (Fsp3) is 0.435. The number of nitrogens with one attached hydrogen (secondary N) is 1. The molecule has 1 N–H and O–H groups in total. The summed E-state index contributed by atoms with van der Waals surface area (Å²) >= 11 is 1.53. The molecule has 7 nitrogen and oxygen atoms in total. The first-order chi connectivity index (χ1) is 14.9. The van der Waals surface area contributed by atoms with Crippen molar-refractivity contribution in [2.45, 2.75) is 50.7 Å². The average Bonchev–Trinajstić information content (AvgIpc) is 3.34. The zero-order valence-electron chi connectivity index (χ0n) is 17.6. The summed E-state index contributed by atoms with van der Waals surface area (Å²) in [6.45, 7) is 4.12. The summed E-state index contributed by atoms with van der Waals surface area (Å²) in [6, 6.07) is -0.222. The number of carbonyl (C=O) groups excluding carboxylic acids is 2. The lowest BCUT2D eigenvalue weighted by Gasteiger charge is -2.29. The van der Waals surface area contributed by atoms with Crippen LogP contribution in [0.3, 0.4) is 0 Å². The number of thioether (sulfide) groups is 1. The Hall–Kier alpha value is -2.74. The molecular formula is C23H24N4O3S. The van der Waals surface area contributed by atoms with Gasteiger partial charge in [0.15, 0.2) is 5.16 Å². The van der Waals surface area contributed by atoms with Crippen LogP contribution < -0.4 is 10.9 Å². The molecule has 0 aromatic carbocycles. The lowest BCUT2D eigenvalue weighted by Crippen LogP contribution is -2.34. The topological polar surface area (TPSA) is 93.4 Å². The first kappa shape index (κ1) is 20.2. The fourth-order valence-corrected chi connectivity index (χ4v) is 5.86. The summed E-state index contributed by atoms with van der Waals surface area (Å²) in [5.41, 5.74) is 4.07. The molecular weight excluding hydrogens is 412 g/mol. The van der Waals surface area contributed by atoms with Crippen LogP contribution in [0, 0.1) is 11.8 Å². The van der Waals surface area contributed by atoms with Crippen molar-refractivity contribution in [3.63, 3.8) is 0 Å². The molecule has 31 heavy (non-hydrogen) atoms. The second-order valence-electron chi connectivity index (χ2n) is 8.67.